The molecule has 1 aromatic heterocycles. The van der Waals surface area contributed by atoms with Gasteiger partial charge in [0.05, 0.1) is 0 Å². The minimum absolute atomic E-state index is 0.0547. The fourth-order valence-corrected chi connectivity index (χ4v) is 2.74. The standard InChI is InChI=1S/C11H18N4/c1-11(6-2-3-9(11)12)10-14-13-7-15(10)8-4-5-8/h7-9H,2-6,12H2,1H3. The third-order valence-corrected chi connectivity index (χ3v) is 4.05. The van der Waals surface area contributed by atoms with Crippen molar-refractivity contribution in [2.24, 2.45) is 5.73 Å². The van der Waals surface area contributed by atoms with Crippen molar-refractivity contribution in [3.05, 3.63) is 12.2 Å². The van der Waals surface area contributed by atoms with Crippen molar-refractivity contribution in [3.8, 4) is 0 Å². The number of nitrogens with two attached hydrogens (primary N) is 1. The molecule has 0 spiro atoms. The van der Waals surface area contributed by atoms with Crippen molar-refractivity contribution in [1.82, 2.24) is 14.8 Å². The molecule has 1 aromatic rings. The second kappa shape index (κ2) is 3.04. The number of aromatic nitrogens is 3. The first kappa shape index (κ1) is 9.33. The molecule has 3 rings (SSSR count). The summed E-state index contributed by atoms with van der Waals surface area (Å²) in [6, 6.07) is 0.902. The number of nitrogens with zero attached hydrogens (tertiary/aromatic N) is 3. The third-order valence-electron chi connectivity index (χ3n) is 4.05. The molecule has 0 aromatic carbocycles. The summed E-state index contributed by atoms with van der Waals surface area (Å²) in [6.07, 6.45) is 7.92. The maximum atomic E-state index is 6.21. The first-order chi connectivity index (χ1) is 7.22. The topological polar surface area (TPSA) is 56.7 Å². The molecule has 82 valence electrons. The van der Waals surface area contributed by atoms with Crippen LogP contribution in [0.1, 0.15) is 50.9 Å². The smallest absolute Gasteiger partial charge is 0.140 e. The lowest BCUT2D eigenvalue weighted by molar-refractivity contribution is 0.384. The molecule has 2 N–H and O–H groups in total. The van der Waals surface area contributed by atoms with Crippen molar-refractivity contribution in [2.45, 2.75) is 56.5 Å². The van der Waals surface area contributed by atoms with Gasteiger partial charge in [0.1, 0.15) is 12.2 Å². The molecular formula is C11H18N4. The van der Waals surface area contributed by atoms with Crippen molar-refractivity contribution in [3.63, 3.8) is 0 Å². The summed E-state index contributed by atoms with van der Waals surface area (Å²) in [5.41, 5.74) is 6.27. The van der Waals surface area contributed by atoms with E-state index >= 15 is 0 Å². The lowest BCUT2D eigenvalue weighted by Gasteiger charge is -2.28. The maximum Gasteiger partial charge on any atom is 0.140 e. The van der Waals surface area contributed by atoms with E-state index in [2.05, 4.69) is 21.7 Å². The Hall–Kier alpha value is -0.900. The molecule has 4 nitrogen and oxygen atoms in total. The quantitative estimate of drug-likeness (QED) is 0.795. The van der Waals surface area contributed by atoms with Crippen molar-refractivity contribution >= 4 is 0 Å². The van der Waals surface area contributed by atoms with Crippen molar-refractivity contribution in [2.75, 3.05) is 0 Å². The van der Waals surface area contributed by atoms with Crippen molar-refractivity contribution in [1.29, 1.82) is 0 Å². The highest BCUT2D eigenvalue weighted by Crippen LogP contribution is 2.43. The SMILES string of the molecule is CC1(c2nncn2C2CC2)CCCC1N. The van der Waals surface area contributed by atoms with Crippen LogP contribution in [0, 0.1) is 0 Å². The van der Waals surface area contributed by atoms with E-state index in [1.54, 1.807) is 0 Å². The summed E-state index contributed by atoms with van der Waals surface area (Å²) in [6.45, 7) is 2.24. The number of hydrogen-bond donors (Lipinski definition) is 1. The zero-order valence-electron chi connectivity index (χ0n) is 9.19. The van der Waals surface area contributed by atoms with E-state index in [1.807, 2.05) is 6.33 Å². The average molecular weight is 206 g/mol. The van der Waals surface area contributed by atoms with Gasteiger partial charge >= 0.3 is 0 Å². The molecule has 2 saturated carbocycles. The normalized spacial score (nSPS) is 36.0. The van der Waals surface area contributed by atoms with Gasteiger partial charge in [-0.2, -0.15) is 0 Å². The van der Waals surface area contributed by atoms with Gasteiger partial charge in [-0.15, -0.1) is 10.2 Å². The molecule has 0 saturated heterocycles. The minimum Gasteiger partial charge on any atom is -0.327 e. The zero-order chi connectivity index (χ0) is 10.5. The molecule has 2 aliphatic carbocycles. The summed E-state index contributed by atoms with van der Waals surface area (Å²) in [4.78, 5) is 0. The maximum absolute atomic E-state index is 6.21. The van der Waals surface area contributed by atoms with Crippen LogP contribution >= 0.6 is 0 Å². The Labute approximate surface area is 89.9 Å². The molecule has 0 amide bonds. The number of hydrogen-bond acceptors (Lipinski definition) is 3. The van der Waals surface area contributed by atoms with Gasteiger partial charge in [0.2, 0.25) is 0 Å². The van der Waals surface area contributed by atoms with E-state index in [1.165, 1.54) is 19.3 Å². The van der Waals surface area contributed by atoms with Crippen LogP contribution in [0.3, 0.4) is 0 Å². The minimum atomic E-state index is 0.0547. The van der Waals surface area contributed by atoms with Crippen LogP contribution in [0.25, 0.3) is 0 Å². The molecule has 15 heavy (non-hydrogen) atoms. The van der Waals surface area contributed by atoms with E-state index < -0.39 is 0 Å². The Bertz CT molecular complexity index is 368. The monoisotopic (exact) mass is 206 g/mol. The van der Waals surface area contributed by atoms with Gasteiger partial charge in [0, 0.05) is 17.5 Å². The zero-order valence-corrected chi connectivity index (χ0v) is 9.19. The average Bonchev–Trinajstić information content (AvgIpc) is 2.84. The van der Waals surface area contributed by atoms with Gasteiger partial charge in [-0.3, -0.25) is 0 Å². The molecule has 0 radical (unpaired) electrons. The molecule has 2 fully saturated rings. The first-order valence-electron chi connectivity index (χ1n) is 5.87. The molecule has 0 aliphatic heterocycles. The Kier molecular flexibility index (Phi) is 1.89. The summed E-state index contributed by atoms with van der Waals surface area (Å²) in [5.74, 6) is 1.12. The van der Waals surface area contributed by atoms with Gasteiger partial charge in [0.25, 0.3) is 0 Å². The van der Waals surface area contributed by atoms with Crippen LogP contribution in [0.5, 0.6) is 0 Å². The number of rotatable bonds is 2. The second-order valence-electron chi connectivity index (χ2n) is 5.21. The van der Waals surface area contributed by atoms with Crippen molar-refractivity contribution < 1.29 is 0 Å². The van der Waals surface area contributed by atoms with Gasteiger partial charge in [-0.05, 0) is 25.7 Å². The van der Waals surface area contributed by atoms with E-state index in [9.17, 15) is 0 Å². The molecule has 2 unspecified atom stereocenters. The summed E-state index contributed by atoms with van der Waals surface area (Å²) in [5, 5.41) is 8.38. The first-order valence-corrected chi connectivity index (χ1v) is 5.87. The van der Waals surface area contributed by atoms with Crippen LogP contribution in [-0.4, -0.2) is 20.8 Å². The van der Waals surface area contributed by atoms with Crippen LogP contribution in [-0.2, 0) is 5.41 Å². The van der Waals surface area contributed by atoms with E-state index in [-0.39, 0.29) is 11.5 Å². The summed E-state index contributed by atoms with van der Waals surface area (Å²) >= 11 is 0. The molecular weight excluding hydrogens is 188 g/mol. The fourth-order valence-electron chi connectivity index (χ4n) is 2.74. The second-order valence-corrected chi connectivity index (χ2v) is 5.21. The largest absolute Gasteiger partial charge is 0.327 e. The third kappa shape index (κ3) is 1.31. The van der Waals surface area contributed by atoms with Crippen LogP contribution < -0.4 is 5.73 Å². The van der Waals surface area contributed by atoms with Crippen LogP contribution in [0.15, 0.2) is 6.33 Å². The van der Waals surface area contributed by atoms with E-state index in [0.29, 0.717) is 6.04 Å². The molecule has 1 heterocycles. The highest BCUT2D eigenvalue weighted by molar-refractivity contribution is 5.15. The van der Waals surface area contributed by atoms with Crippen LogP contribution in [0.4, 0.5) is 0 Å². The Morgan fingerprint density at radius 2 is 2.27 bits per heavy atom. The lowest BCUT2D eigenvalue weighted by atomic mass is 9.84. The highest BCUT2D eigenvalue weighted by Gasteiger charge is 2.43. The van der Waals surface area contributed by atoms with E-state index in [0.717, 1.165) is 18.7 Å². The van der Waals surface area contributed by atoms with Gasteiger partial charge < -0.3 is 10.3 Å². The summed E-state index contributed by atoms with van der Waals surface area (Å²) < 4.78 is 2.26. The van der Waals surface area contributed by atoms with Gasteiger partial charge in [0.15, 0.2) is 0 Å². The van der Waals surface area contributed by atoms with Crippen LogP contribution in [0.2, 0.25) is 0 Å². The molecule has 0 bridgehead atoms. The fraction of sp³-hybridized carbons (Fsp3) is 0.818. The predicted octanol–water partition coefficient (Wildman–Crippen LogP) is 1.38. The van der Waals surface area contributed by atoms with Gasteiger partial charge in [-0.1, -0.05) is 13.3 Å². The molecule has 2 atom stereocenters. The Morgan fingerprint density at radius 3 is 2.87 bits per heavy atom. The Morgan fingerprint density at radius 1 is 1.47 bits per heavy atom. The Balaban J connectivity index is 2.00. The predicted molar refractivity (Wildman–Crippen MR) is 57.5 cm³/mol. The van der Waals surface area contributed by atoms with Gasteiger partial charge in [-0.25, -0.2) is 0 Å². The highest BCUT2D eigenvalue weighted by atomic mass is 15.3. The summed E-state index contributed by atoms with van der Waals surface area (Å²) in [7, 11) is 0. The van der Waals surface area contributed by atoms with E-state index in [4.69, 9.17) is 5.73 Å². The molecule has 4 heteroatoms. The molecule has 2 aliphatic rings. The lowest BCUT2D eigenvalue weighted by Crippen LogP contribution is -2.40.